The van der Waals surface area contributed by atoms with Crippen LogP contribution in [0.5, 0.6) is 0 Å². The Morgan fingerprint density at radius 2 is 1.95 bits per heavy atom. The highest BCUT2D eigenvalue weighted by Crippen LogP contribution is 2.23. The minimum Gasteiger partial charge on any atom is -0.342 e. The summed E-state index contributed by atoms with van der Waals surface area (Å²) in [7, 11) is 1.64. The second-order valence-corrected chi connectivity index (χ2v) is 5.25. The van der Waals surface area contributed by atoms with E-state index in [0.29, 0.717) is 11.2 Å². The molecule has 0 saturated carbocycles. The molecule has 0 unspecified atom stereocenters. The lowest BCUT2D eigenvalue weighted by Gasteiger charge is -2.17. The molecule has 0 spiro atoms. The van der Waals surface area contributed by atoms with Crippen LogP contribution in [0.15, 0.2) is 9.59 Å². The molecule has 7 nitrogen and oxygen atoms in total. The lowest BCUT2D eigenvalue weighted by atomic mass is 10.4. The number of hydrogen-bond acceptors (Lipinski definition) is 4. The van der Waals surface area contributed by atoms with Crippen LogP contribution in [0.25, 0.3) is 11.2 Å². The van der Waals surface area contributed by atoms with Crippen LogP contribution in [-0.4, -0.2) is 32.2 Å². The normalized spacial score (nSPS) is 15.4. The molecule has 1 aliphatic heterocycles. The van der Waals surface area contributed by atoms with Crippen molar-refractivity contribution in [1.82, 2.24) is 19.1 Å². The molecule has 1 N–H and O–H groups in total. The van der Waals surface area contributed by atoms with E-state index < -0.39 is 5.69 Å². The minimum absolute atomic E-state index is 0.352. The average Bonchev–Trinajstić information content (AvgIpc) is 3.03. The summed E-state index contributed by atoms with van der Waals surface area (Å²) >= 11 is 0. The van der Waals surface area contributed by atoms with E-state index in [4.69, 9.17) is 0 Å². The number of aromatic amines is 1. The highest BCUT2D eigenvalue weighted by molar-refractivity contribution is 5.74. The summed E-state index contributed by atoms with van der Waals surface area (Å²) in [6.45, 7) is 4.71. The molecule has 3 heterocycles. The number of nitrogens with one attached hydrogen (secondary N) is 1. The summed E-state index contributed by atoms with van der Waals surface area (Å²) in [5.41, 5.74) is 0.191. The molecule has 2 aromatic rings. The SMILES string of the molecule is CCCn1c(N2CCCC2)nc2c1c(=O)[nH]c(=O)n2C. The molecule has 0 amide bonds. The van der Waals surface area contributed by atoms with Gasteiger partial charge in [0.05, 0.1) is 0 Å². The topological polar surface area (TPSA) is 75.9 Å². The fraction of sp³-hybridized carbons (Fsp3) is 0.615. The van der Waals surface area contributed by atoms with E-state index in [1.54, 1.807) is 7.05 Å². The predicted molar refractivity (Wildman–Crippen MR) is 77.3 cm³/mol. The van der Waals surface area contributed by atoms with Gasteiger partial charge in [-0.25, -0.2) is 4.79 Å². The number of H-pyrrole nitrogens is 1. The number of hydrogen-bond donors (Lipinski definition) is 1. The zero-order chi connectivity index (χ0) is 14.3. The summed E-state index contributed by atoms with van der Waals surface area (Å²) in [5, 5.41) is 0. The quantitative estimate of drug-likeness (QED) is 0.883. The molecule has 3 rings (SSSR count). The number of rotatable bonds is 3. The molecular weight excluding hydrogens is 258 g/mol. The maximum atomic E-state index is 12.1. The molecule has 20 heavy (non-hydrogen) atoms. The van der Waals surface area contributed by atoms with Crippen molar-refractivity contribution in [3.63, 3.8) is 0 Å². The standard InChI is InChI=1S/C13H19N5O2/c1-3-6-18-9-10(16(2)13(20)15-11(9)19)14-12(18)17-7-4-5-8-17/h3-8H2,1-2H3,(H,15,19,20). The van der Waals surface area contributed by atoms with Gasteiger partial charge in [0, 0.05) is 26.7 Å². The minimum atomic E-state index is -0.420. The fourth-order valence-electron chi connectivity index (χ4n) is 2.82. The Bertz CT molecular complexity index is 748. The van der Waals surface area contributed by atoms with Crippen molar-refractivity contribution in [3.8, 4) is 0 Å². The molecule has 1 aliphatic rings. The van der Waals surface area contributed by atoms with Crippen molar-refractivity contribution >= 4 is 17.1 Å². The van der Waals surface area contributed by atoms with Crippen molar-refractivity contribution in [2.75, 3.05) is 18.0 Å². The number of aromatic nitrogens is 4. The molecule has 0 bridgehead atoms. The first-order valence-electron chi connectivity index (χ1n) is 7.08. The van der Waals surface area contributed by atoms with Crippen molar-refractivity contribution in [2.24, 2.45) is 7.05 Å². The molecule has 1 fully saturated rings. The van der Waals surface area contributed by atoms with Crippen LogP contribution in [-0.2, 0) is 13.6 Å². The van der Waals surface area contributed by atoms with Crippen LogP contribution in [0.2, 0.25) is 0 Å². The third-order valence-electron chi connectivity index (χ3n) is 3.82. The van der Waals surface area contributed by atoms with E-state index in [1.807, 2.05) is 4.57 Å². The van der Waals surface area contributed by atoms with Crippen molar-refractivity contribution in [1.29, 1.82) is 0 Å². The second kappa shape index (κ2) is 4.81. The Morgan fingerprint density at radius 1 is 1.25 bits per heavy atom. The van der Waals surface area contributed by atoms with Gasteiger partial charge in [-0.3, -0.25) is 14.3 Å². The third kappa shape index (κ3) is 1.85. The molecule has 2 aromatic heterocycles. The van der Waals surface area contributed by atoms with E-state index in [1.165, 1.54) is 4.57 Å². The van der Waals surface area contributed by atoms with Gasteiger partial charge in [-0.05, 0) is 19.3 Å². The van der Waals surface area contributed by atoms with E-state index in [9.17, 15) is 9.59 Å². The Hall–Kier alpha value is -2.05. The van der Waals surface area contributed by atoms with Crippen LogP contribution in [0.1, 0.15) is 26.2 Å². The van der Waals surface area contributed by atoms with Gasteiger partial charge in [0.2, 0.25) is 5.95 Å². The highest BCUT2D eigenvalue weighted by Gasteiger charge is 2.22. The number of nitrogens with zero attached hydrogens (tertiary/aromatic N) is 4. The van der Waals surface area contributed by atoms with E-state index in [0.717, 1.165) is 44.8 Å². The van der Waals surface area contributed by atoms with Crippen LogP contribution < -0.4 is 16.1 Å². The summed E-state index contributed by atoms with van der Waals surface area (Å²) in [6, 6.07) is 0. The molecule has 1 saturated heterocycles. The van der Waals surface area contributed by atoms with Gasteiger partial charge in [-0.2, -0.15) is 4.98 Å². The number of imidazole rings is 1. The van der Waals surface area contributed by atoms with Crippen LogP contribution in [0.4, 0.5) is 5.95 Å². The first kappa shape index (κ1) is 13.0. The van der Waals surface area contributed by atoms with Gasteiger partial charge in [0.15, 0.2) is 11.2 Å². The summed E-state index contributed by atoms with van der Waals surface area (Å²) in [6.07, 6.45) is 3.20. The van der Waals surface area contributed by atoms with Gasteiger partial charge >= 0.3 is 5.69 Å². The number of fused-ring (bicyclic) bond motifs is 1. The van der Waals surface area contributed by atoms with Crippen molar-refractivity contribution in [3.05, 3.63) is 20.8 Å². The zero-order valence-corrected chi connectivity index (χ0v) is 11.8. The molecule has 0 aliphatic carbocycles. The van der Waals surface area contributed by atoms with Crippen LogP contribution >= 0.6 is 0 Å². The molecule has 0 atom stereocenters. The first-order chi connectivity index (χ1) is 9.63. The first-order valence-corrected chi connectivity index (χ1v) is 7.08. The van der Waals surface area contributed by atoms with E-state index in [-0.39, 0.29) is 5.56 Å². The third-order valence-corrected chi connectivity index (χ3v) is 3.82. The predicted octanol–water partition coefficient (Wildman–Crippen LogP) is 0.433. The van der Waals surface area contributed by atoms with E-state index in [2.05, 4.69) is 21.8 Å². The maximum absolute atomic E-state index is 12.1. The Balaban J connectivity index is 2.32. The Morgan fingerprint density at radius 3 is 2.60 bits per heavy atom. The lowest BCUT2D eigenvalue weighted by molar-refractivity contribution is 0.679. The monoisotopic (exact) mass is 277 g/mol. The van der Waals surface area contributed by atoms with Gasteiger partial charge in [0.1, 0.15) is 0 Å². The van der Waals surface area contributed by atoms with Gasteiger partial charge < -0.3 is 9.47 Å². The van der Waals surface area contributed by atoms with Crippen molar-refractivity contribution < 1.29 is 0 Å². The zero-order valence-electron chi connectivity index (χ0n) is 11.8. The van der Waals surface area contributed by atoms with Gasteiger partial charge in [0.25, 0.3) is 5.56 Å². The van der Waals surface area contributed by atoms with Gasteiger partial charge in [-0.1, -0.05) is 6.92 Å². The largest absolute Gasteiger partial charge is 0.342 e. The van der Waals surface area contributed by atoms with Gasteiger partial charge in [-0.15, -0.1) is 0 Å². The van der Waals surface area contributed by atoms with E-state index >= 15 is 0 Å². The molecular formula is C13H19N5O2. The highest BCUT2D eigenvalue weighted by atomic mass is 16.2. The molecule has 7 heteroatoms. The molecule has 108 valence electrons. The number of anilines is 1. The summed E-state index contributed by atoms with van der Waals surface area (Å²) in [5.74, 6) is 0.811. The molecule has 0 radical (unpaired) electrons. The van der Waals surface area contributed by atoms with Crippen molar-refractivity contribution in [2.45, 2.75) is 32.7 Å². The average molecular weight is 277 g/mol. The Labute approximate surface area is 115 Å². The molecule has 0 aromatic carbocycles. The summed E-state index contributed by atoms with van der Waals surface area (Å²) < 4.78 is 3.35. The maximum Gasteiger partial charge on any atom is 0.329 e. The lowest BCUT2D eigenvalue weighted by Crippen LogP contribution is -2.29. The van der Waals surface area contributed by atoms with Crippen LogP contribution in [0, 0.1) is 0 Å². The fourth-order valence-corrected chi connectivity index (χ4v) is 2.82. The Kier molecular flexibility index (Phi) is 3.11. The van der Waals surface area contributed by atoms with Crippen LogP contribution in [0.3, 0.4) is 0 Å². The number of aryl methyl sites for hydroxylation is 2. The summed E-state index contributed by atoms with van der Waals surface area (Å²) in [4.78, 5) is 32.9. The second-order valence-electron chi connectivity index (χ2n) is 5.25. The smallest absolute Gasteiger partial charge is 0.329 e.